The van der Waals surface area contributed by atoms with Crippen LogP contribution in [0.25, 0.3) is 0 Å². The van der Waals surface area contributed by atoms with E-state index in [0.717, 1.165) is 0 Å². The Bertz CT molecular complexity index is 46.5. The molecule has 0 spiro atoms. The summed E-state index contributed by atoms with van der Waals surface area (Å²) in [6, 6.07) is 0. The molecule has 0 unspecified atom stereocenters. The van der Waals surface area contributed by atoms with Crippen LogP contribution in [0.4, 0.5) is 0 Å². The van der Waals surface area contributed by atoms with Crippen molar-refractivity contribution in [3.8, 4) is 0 Å². The van der Waals surface area contributed by atoms with Crippen LogP contribution < -0.4 is 0 Å². The molecule has 0 aliphatic heterocycles. The second-order valence-electron chi connectivity index (χ2n) is 1.37. The van der Waals surface area contributed by atoms with Gasteiger partial charge >= 0.3 is 0 Å². The van der Waals surface area contributed by atoms with E-state index >= 15 is 0 Å². The molecule has 0 atom stereocenters. The van der Waals surface area contributed by atoms with Crippen molar-refractivity contribution in [3.63, 3.8) is 0 Å². The second-order valence-corrected chi connectivity index (χ2v) is 13.1. The van der Waals surface area contributed by atoms with Crippen LogP contribution in [-0.2, 0) is 0 Å². The summed E-state index contributed by atoms with van der Waals surface area (Å²) in [6.07, 6.45) is 2.59. The average Bonchev–Trinajstić information content (AvgIpc) is 1.30. The molecule has 0 rings (SSSR count). The lowest BCUT2D eigenvalue weighted by atomic mass is 10.4. The molecule has 4 heteroatoms. The number of hydrogen-bond donors (Lipinski definition) is 0. The Balaban J connectivity index is 0. The molecule has 52 valence electrons. The Hall–Kier alpha value is 2.92. The summed E-state index contributed by atoms with van der Waals surface area (Å²) >= 11 is 7.35. The fourth-order valence-electron chi connectivity index (χ4n) is 0.283. The first-order valence-electron chi connectivity index (χ1n) is 2.13. The largest absolute Gasteiger partial charge is 0.124 e. The predicted octanol–water partition coefficient (Wildman–Crippen LogP) is 4.36. The molecule has 0 fully saturated rings. The fourth-order valence-corrected chi connectivity index (χ4v) is 1.90. The maximum absolute atomic E-state index is 2.45. The van der Waals surface area contributed by atoms with Gasteiger partial charge in [0.05, 0.1) is 0 Å². The van der Waals surface area contributed by atoms with Crippen LogP contribution in [0.1, 0.15) is 19.8 Å². The number of hydrogen-bond acceptors (Lipinski definition) is 0. The summed E-state index contributed by atoms with van der Waals surface area (Å²) in [4.78, 5) is 0. The van der Waals surface area contributed by atoms with Gasteiger partial charge in [-0.25, -0.2) is 0 Å². The molecule has 0 N–H and O–H groups in total. The van der Waals surface area contributed by atoms with Crippen molar-refractivity contribution < 1.29 is 0 Å². The Morgan fingerprint density at radius 3 is 1.62 bits per heavy atom. The third kappa shape index (κ3) is 11.7. The summed E-state index contributed by atoms with van der Waals surface area (Å²) in [6.45, 7) is 2.21. The van der Waals surface area contributed by atoms with Gasteiger partial charge in [-0.2, -0.15) is 0 Å². The van der Waals surface area contributed by atoms with Crippen LogP contribution in [-0.4, -0.2) is -0.565 Å². The van der Waals surface area contributed by atoms with Crippen molar-refractivity contribution in [2.45, 2.75) is 19.2 Å². The Labute approximate surface area is 109 Å². The van der Waals surface area contributed by atoms with E-state index in [4.69, 9.17) is 0 Å². The topological polar surface area (TPSA) is 0 Å². The lowest BCUT2D eigenvalue weighted by Gasteiger charge is -2.07. The van der Waals surface area contributed by atoms with E-state index in [1.165, 1.54) is 12.8 Å². The molecule has 0 aliphatic carbocycles. The van der Waals surface area contributed by atoms with Crippen LogP contribution in [0.3, 0.4) is 0 Å². The first-order chi connectivity index (χ1) is 3.06. The van der Waals surface area contributed by atoms with Gasteiger partial charge in [0, 0.05) is 0 Å². The quantitative estimate of drug-likeness (QED) is 0.346. The Morgan fingerprint density at radius 2 is 1.62 bits per heavy atom. The highest BCUT2D eigenvalue weighted by atomic mass is 127. The molecular formula is C4H8I4. The fraction of sp³-hybridized carbons (Fsp3) is 1.00. The highest BCUT2D eigenvalue weighted by Gasteiger charge is 2.13. The molecule has 0 bridgehead atoms. The zero-order valence-corrected chi connectivity index (χ0v) is 13.3. The van der Waals surface area contributed by atoms with Crippen molar-refractivity contribution in [2.75, 3.05) is 0 Å². The highest BCUT2D eigenvalue weighted by Crippen LogP contribution is 2.39. The van der Waals surface area contributed by atoms with Gasteiger partial charge in [0.25, 0.3) is 0 Å². The molecule has 0 aromatic rings. The van der Waals surface area contributed by atoms with E-state index < -0.39 is 0 Å². The van der Waals surface area contributed by atoms with Gasteiger partial charge in [0.2, 0.25) is 0 Å². The van der Waals surface area contributed by atoms with Crippen molar-refractivity contribution >= 4 is 91.7 Å². The lowest BCUT2D eigenvalue weighted by Crippen LogP contribution is -1.94. The summed E-state index contributed by atoms with van der Waals surface area (Å²) < 4.78 is 0.460. The highest BCUT2D eigenvalue weighted by molar-refractivity contribution is 14.3. The molecule has 0 aromatic carbocycles. The van der Waals surface area contributed by atoms with Crippen LogP contribution in [0.5, 0.6) is 0 Å². The molecule has 0 radical (unpaired) electrons. The van der Waals surface area contributed by atoms with Gasteiger partial charge in [0.1, 0.15) is -0.565 Å². The van der Waals surface area contributed by atoms with E-state index in [0.29, 0.717) is -0.565 Å². The van der Waals surface area contributed by atoms with Gasteiger partial charge in [-0.15, -0.1) is 24.0 Å². The summed E-state index contributed by atoms with van der Waals surface area (Å²) in [5.74, 6) is 0. The zero-order valence-electron chi connectivity index (χ0n) is 4.46. The molecule has 8 heavy (non-hydrogen) atoms. The molecule has 0 aliphatic rings. The van der Waals surface area contributed by atoms with Crippen LogP contribution in [0, 0.1) is 0 Å². The summed E-state index contributed by atoms with van der Waals surface area (Å²) in [5.41, 5.74) is 0. The third-order valence-corrected chi connectivity index (χ3v) is 2.15. The smallest absolute Gasteiger partial charge is 0.107 e. The normalized spacial score (nSPS) is 10.5. The van der Waals surface area contributed by atoms with E-state index in [1.54, 1.807) is 0 Å². The standard InChI is InChI=1S/C4H7I3.HI/c1-2-3-4(5,6)7;/h2-3H2,1H3;1H. The number of rotatable bonds is 2. The van der Waals surface area contributed by atoms with E-state index in [2.05, 4.69) is 74.7 Å². The van der Waals surface area contributed by atoms with Gasteiger partial charge in [-0.1, -0.05) is 81.1 Å². The molecule has 0 aromatic heterocycles. The van der Waals surface area contributed by atoms with Gasteiger partial charge in [0.15, 0.2) is 0 Å². The Morgan fingerprint density at radius 1 is 1.25 bits per heavy atom. The molecular weight excluding hydrogens is 556 g/mol. The van der Waals surface area contributed by atoms with Gasteiger partial charge in [-0.05, 0) is 6.42 Å². The molecule has 0 amide bonds. The number of halogens is 4. The van der Waals surface area contributed by atoms with Crippen molar-refractivity contribution in [1.29, 1.82) is 0 Å². The minimum Gasteiger partial charge on any atom is -0.107 e. The SMILES string of the molecule is CCCC(I)(I)I.I. The molecule has 0 saturated carbocycles. The first-order valence-corrected chi connectivity index (χ1v) is 5.36. The molecule has 0 heterocycles. The molecule has 0 saturated heterocycles. The van der Waals surface area contributed by atoms with Crippen molar-refractivity contribution in [3.05, 3.63) is 0 Å². The molecule has 0 nitrogen and oxygen atoms in total. The minimum atomic E-state index is 0. The van der Waals surface area contributed by atoms with Crippen molar-refractivity contribution in [2.24, 2.45) is 0 Å². The van der Waals surface area contributed by atoms with Gasteiger partial charge in [-0.3, -0.25) is 0 Å². The van der Waals surface area contributed by atoms with Crippen LogP contribution >= 0.6 is 91.7 Å². The Kier molecular flexibility index (Phi) is 11.2. The maximum Gasteiger partial charge on any atom is 0.124 e. The van der Waals surface area contributed by atoms with E-state index in [-0.39, 0.29) is 24.0 Å². The maximum atomic E-state index is 2.45. The lowest BCUT2D eigenvalue weighted by molar-refractivity contribution is 0.886. The average molecular weight is 564 g/mol. The van der Waals surface area contributed by atoms with Crippen LogP contribution in [0.2, 0.25) is 0 Å². The summed E-state index contributed by atoms with van der Waals surface area (Å²) in [5, 5.41) is 0. The third-order valence-electron chi connectivity index (χ3n) is 0.533. The van der Waals surface area contributed by atoms with E-state index in [1.807, 2.05) is 0 Å². The second kappa shape index (κ2) is 6.62. The summed E-state index contributed by atoms with van der Waals surface area (Å²) in [7, 11) is 0. The number of alkyl halides is 3. The van der Waals surface area contributed by atoms with E-state index in [9.17, 15) is 0 Å². The van der Waals surface area contributed by atoms with Crippen LogP contribution in [0.15, 0.2) is 0 Å². The monoisotopic (exact) mass is 564 g/mol. The minimum absolute atomic E-state index is 0. The van der Waals surface area contributed by atoms with Crippen molar-refractivity contribution in [1.82, 2.24) is 0 Å². The van der Waals surface area contributed by atoms with Gasteiger partial charge < -0.3 is 0 Å². The predicted molar refractivity (Wildman–Crippen MR) is 75.1 cm³/mol. The first kappa shape index (κ1) is 13.5. The zero-order chi connectivity index (χ0) is 5.91.